The van der Waals surface area contributed by atoms with Crippen molar-refractivity contribution in [3.63, 3.8) is 0 Å². The van der Waals surface area contributed by atoms with Gasteiger partial charge in [-0.05, 0) is 116 Å². The van der Waals surface area contributed by atoms with Crippen molar-refractivity contribution in [3.05, 3.63) is 300 Å². The predicted molar refractivity (Wildman–Crippen MR) is 430 cm³/mol. The average Bonchev–Trinajstić information content (AvgIpc) is 1.59. The van der Waals surface area contributed by atoms with Crippen molar-refractivity contribution in [1.82, 2.24) is 0 Å². The van der Waals surface area contributed by atoms with Crippen LogP contribution < -0.4 is 123 Å². The Bertz CT molecular complexity index is 5280. The third-order valence-electron chi connectivity index (χ3n) is 15.4. The number of aryl methyl sites for hydroxylation is 2. The molecule has 0 saturated heterocycles. The molecule has 11 nitrogen and oxygen atoms in total. The molecule has 0 unspecified atom stereocenters. The molecular formula is C82H74B2Br4F4K2O11. The summed E-state index contributed by atoms with van der Waals surface area (Å²) >= 11 is 12.7. The van der Waals surface area contributed by atoms with Crippen LogP contribution in [0.1, 0.15) is 34.8 Å². The van der Waals surface area contributed by atoms with Gasteiger partial charge in [0.15, 0.2) is 0 Å². The Morgan fingerprint density at radius 3 is 1.29 bits per heavy atom. The number of aromatic hydroxyl groups is 3. The largest absolute Gasteiger partial charge is 1.00 e. The summed E-state index contributed by atoms with van der Waals surface area (Å²) < 4.78 is 73.5. The van der Waals surface area contributed by atoms with Gasteiger partial charge in [-0.3, -0.25) is 4.79 Å². The summed E-state index contributed by atoms with van der Waals surface area (Å²) in [6.45, 7) is 3.82. The first-order chi connectivity index (χ1) is 48.2. The molecule has 14 aromatic carbocycles. The summed E-state index contributed by atoms with van der Waals surface area (Å²) in [6.07, 6.45) is 0. The first-order valence-electron chi connectivity index (χ1n) is 30.3. The van der Waals surface area contributed by atoms with E-state index in [9.17, 15) is 32.9 Å². The molecule has 0 aliphatic heterocycles. The molecular weight excluding hydrogens is 1660 g/mol. The molecule has 23 heteroatoms. The Morgan fingerprint density at radius 1 is 0.438 bits per heavy atom. The van der Waals surface area contributed by atoms with Crippen LogP contribution in [0.3, 0.4) is 0 Å². The predicted octanol–water partition coefficient (Wildman–Crippen LogP) is 16.5. The number of carbonyl (C=O) groups is 1. The van der Waals surface area contributed by atoms with E-state index in [1.54, 1.807) is 99.1 Å². The second-order valence-corrected chi connectivity index (χ2v) is 28.8. The summed E-state index contributed by atoms with van der Waals surface area (Å²) in [5, 5.41) is 65.3. The van der Waals surface area contributed by atoms with E-state index in [2.05, 4.69) is 80.2 Å². The number of benzene rings is 14. The van der Waals surface area contributed by atoms with Crippen molar-refractivity contribution in [2.45, 2.75) is 36.1 Å². The average molecular weight is 1730 g/mol. The maximum Gasteiger partial charge on any atom is 1.00 e. The number of fused-ring (bicyclic) bond motifs is 9. The van der Waals surface area contributed by atoms with Crippen molar-refractivity contribution in [2.75, 3.05) is 14.2 Å². The number of hydrogen-bond acceptors (Lipinski definition) is 11. The third kappa shape index (κ3) is 24.3. The molecule has 532 valence electrons. The van der Waals surface area contributed by atoms with E-state index in [1.807, 2.05) is 147 Å². The quantitative estimate of drug-likeness (QED) is 0.0351. The molecule has 105 heavy (non-hydrogen) atoms. The maximum atomic E-state index is 14.8. The number of rotatable bonds is 6. The van der Waals surface area contributed by atoms with Gasteiger partial charge in [-0.1, -0.05) is 235 Å². The molecule has 5 N–H and O–H groups in total. The van der Waals surface area contributed by atoms with Gasteiger partial charge in [0.25, 0.3) is 6.47 Å². The number of furan rings is 1. The minimum Gasteiger partial charge on any atom is -1.00 e. The van der Waals surface area contributed by atoms with Crippen molar-refractivity contribution >= 4 is 161 Å². The molecule has 0 spiro atoms. The van der Waals surface area contributed by atoms with Crippen LogP contribution in [0.15, 0.2) is 270 Å². The zero-order valence-corrected chi connectivity index (χ0v) is 68.4. The third-order valence-corrected chi connectivity index (χ3v) is 16.4. The number of ether oxygens (including phenoxy) is 2. The molecule has 0 radical (unpaired) electrons. The van der Waals surface area contributed by atoms with Gasteiger partial charge in [0.1, 0.15) is 63.2 Å². The van der Waals surface area contributed by atoms with E-state index in [1.165, 1.54) is 35.9 Å². The molecule has 1 aromatic heterocycles. The Kier molecular flexibility index (Phi) is 40.7. The van der Waals surface area contributed by atoms with Crippen LogP contribution in [0.2, 0.25) is 0 Å². The molecule has 15 aromatic rings. The normalized spacial score (nSPS) is 9.82. The Balaban J connectivity index is 0.000000424. The SMILES string of the molecule is BrB(Br)Br.C.C.C.COc1cccc(C)c1-c1ccc2ccccc2c1F.COc1cccc(C)c1Br.Fc1cccc2ccccc12.O=CO[O-].OB(O)c1ccc2ccccc2c1F.Oc1cccc(O)c1-c1ccc2ccccc2c1F.Oc1cccc2oc3c4ccccc4ccc3c12.[H-].[K+].[K+]. The van der Waals surface area contributed by atoms with Crippen LogP contribution in [-0.4, -0.2) is 56.4 Å². The van der Waals surface area contributed by atoms with Crippen LogP contribution in [-0.2, 0) is 9.68 Å². The number of hydrogen-bond donors (Lipinski definition) is 5. The van der Waals surface area contributed by atoms with Gasteiger partial charge in [-0.15, -0.1) is 47.3 Å². The molecule has 15 rings (SSSR count). The summed E-state index contributed by atoms with van der Waals surface area (Å²) in [7, 11) is 1.51. The van der Waals surface area contributed by atoms with Gasteiger partial charge in [-0.2, -0.15) is 0 Å². The first-order valence-corrected chi connectivity index (χ1v) is 33.9. The summed E-state index contributed by atoms with van der Waals surface area (Å²) in [5.74, 6) is 0.191. The number of phenols is 3. The number of methoxy groups -OCH3 is 2. The van der Waals surface area contributed by atoms with Crippen LogP contribution in [0.25, 0.3) is 98.1 Å². The molecule has 0 fully saturated rings. The van der Waals surface area contributed by atoms with Crippen molar-refractivity contribution in [2.24, 2.45) is 0 Å². The Labute approximate surface area is 728 Å². The molecule has 0 bridgehead atoms. The summed E-state index contributed by atoms with van der Waals surface area (Å²) in [4.78, 5) is 11.2. The van der Waals surface area contributed by atoms with Gasteiger partial charge in [0.2, 0.25) is 0 Å². The monoisotopic (exact) mass is 1730 g/mol. The smallest absolute Gasteiger partial charge is 1.00 e. The van der Waals surface area contributed by atoms with Crippen LogP contribution >= 0.6 is 63.2 Å². The molecule has 0 aliphatic rings. The summed E-state index contributed by atoms with van der Waals surface area (Å²) in [6, 6.07) is 77.6. The first kappa shape index (κ1) is 92.8. The molecule has 1 heterocycles. The van der Waals surface area contributed by atoms with Gasteiger partial charge in [-0.25, -0.2) is 17.6 Å². The Hall–Kier alpha value is -6.43. The molecule has 0 amide bonds. The van der Waals surface area contributed by atoms with Gasteiger partial charge >= 0.3 is 113 Å². The zero-order chi connectivity index (χ0) is 72.0. The van der Waals surface area contributed by atoms with E-state index in [0.717, 1.165) is 75.6 Å². The van der Waals surface area contributed by atoms with E-state index in [4.69, 9.17) is 34.0 Å². The molecule has 0 saturated carbocycles. The van der Waals surface area contributed by atoms with Crippen molar-refractivity contribution in [1.29, 1.82) is 0 Å². The summed E-state index contributed by atoms with van der Waals surface area (Å²) in [5.41, 5.74) is 5.37. The van der Waals surface area contributed by atoms with Gasteiger partial charge < -0.3 is 50.8 Å². The van der Waals surface area contributed by atoms with E-state index in [-0.39, 0.29) is 182 Å². The zero-order valence-electron chi connectivity index (χ0n) is 56.8. The molecule has 0 atom stereocenters. The maximum absolute atomic E-state index is 14.8. The second-order valence-electron chi connectivity index (χ2n) is 21.6. The van der Waals surface area contributed by atoms with E-state index < -0.39 is 18.8 Å². The van der Waals surface area contributed by atoms with E-state index in [0.29, 0.717) is 32.9 Å². The topological polar surface area (TPSA) is 182 Å². The number of carbonyl (C=O) groups excluding carboxylic acids is 1. The standard InChI is InChI=1S/C18H15FO.C16H11FO2.C16H10O2.C10H8BFO2.C10H7F.C8H9BrO.CH2O3.3CH4.BBr3.2K.H/c1-12-6-5-9-16(20-2)17(12)15-11-10-13-7-3-4-8-14(13)18(15)19;17-16-11-5-2-1-4-10(11)8-9-12(16)15-13(18)6-3-7-14(15)19;17-13-6-3-7-14-15(13)12-9-8-10-4-1-2-5-11(10)16(12)18-14;12-10-8-4-2-1-3-7(8)5-6-9(10)11(13)14;11-10-7-3-5-8-4-1-2-6-9(8)10;1-6-4-3-5-7(10-2)8(6)9;2-1-4-3;;;;2-1(3)4;;;/h3-11H,1-2H3;1-9,18-19H;1-9,17H;1-6,13-14H;1-7H;3-5H,1-2H3;1,3H;3*1H4;;;;/q;;;;;;;;;;;2*+1;-1/p-1. The van der Waals surface area contributed by atoms with Gasteiger partial charge in [0, 0.05) is 54.5 Å². The van der Waals surface area contributed by atoms with E-state index >= 15 is 0 Å². The fourth-order valence-corrected chi connectivity index (χ4v) is 11.2. The number of halogens is 8. The van der Waals surface area contributed by atoms with Gasteiger partial charge in [0.05, 0.1) is 29.6 Å². The second kappa shape index (κ2) is 46.1. The van der Waals surface area contributed by atoms with Crippen molar-refractivity contribution < 1.29 is 176 Å². The van der Waals surface area contributed by atoms with Crippen LogP contribution in [0.5, 0.6) is 28.7 Å². The van der Waals surface area contributed by atoms with Crippen molar-refractivity contribution in [3.8, 4) is 51.0 Å². The Morgan fingerprint density at radius 2 is 0.810 bits per heavy atom. The minimum atomic E-state index is -1.76. The fraction of sp³-hybridized carbons (Fsp3) is 0.0854. The van der Waals surface area contributed by atoms with Crippen LogP contribution in [0.4, 0.5) is 17.6 Å². The molecule has 0 aliphatic carbocycles. The minimum absolute atomic E-state index is 0. The fourth-order valence-electron chi connectivity index (χ4n) is 10.8. The van der Waals surface area contributed by atoms with Crippen LogP contribution in [0, 0.1) is 37.1 Å². The number of phenolic OH excluding ortho intramolecular Hbond substituents is 3.